The Bertz CT molecular complexity index is 1370. The van der Waals surface area contributed by atoms with Gasteiger partial charge in [-0.25, -0.2) is 9.79 Å². The largest absolute Gasteiger partial charge is 0.493 e. The van der Waals surface area contributed by atoms with E-state index >= 15 is 0 Å². The SMILES string of the molecule is CCOC(=O)C1=C(C)N=c2s/c(=C\c3ccc[nH]3)c(=O)n2[C@H]1c1cccc(OC)c1OC. The zero-order valence-corrected chi connectivity index (χ0v) is 19.0. The van der Waals surface area contributed by atoms with Crippen LogP contribution in [0, 0.1) is 0 Å². The highest BCUT2D eigenvalue weighted by Gasteiger charge is 2.35. The van der Waals surface area contributed by atoms with Crippen LogP contribution in [0.15, 0.2) is 57.6 Å². The number of esters is 1. The van der Waals surface area contributed by atoms with Gasteiger partial charge in [-0.1, -0.05) is 23.5 Å². The molecule has 1 atom stereocenters. The number of hydrogen-bond acceptors (Lipinski definition) is 7. The Kier molecular flexibility index (Phi) is 6.00. The predicted molar refractivity (Wildman–Crippen MR) is 121 cm³/mol. The van der Waals surface area contributed by atoms with E-state index < -0.39 is 12.0 Å². The second-order valence-corrected chi connectivity index (χ2v) is 8.02. The first-order chi connectivity index (χ1) is 15.5. The van der Waals surface area contributed by atoms with E-state index in [0.29, 0.717) is 32.1 Å². The van der Waals surface area contributed by atoms with Crippen molar-refractivity contribution < 1.29 is 19.0 Å². The van der Waals surface area contributed by atoms with Crippen molar-refractivity contribution in [2.24, 2.45) is 4.99 Å². The van der Waals surface area contributed by atoms with Gasteiger partial charge in [-0.05, 0) is 38.1 Å². The van der Waals surface area contributed by atoms with Gasteiger partial charge in [0.25, 0.3) is 5.56 Å². The monoisotopic (exact) mass is 453 g/mol. The number of allylic oxidation sites excluding steroid dienone is 1. The summed E-state index contributed by atoms with van der Waals surface area (Å²) in [6.07, 6.45) is 3.56. The van der Waals surface area contributed by atoms with Crippen molar-refractivity contribution in [3.8, 4) is 11.5 Å². The van der Waals surface area contributed by atoms with Gasteiger partial charge in [0.15, 0.2) is 16.3 Å². The number of hydrogen-bond donors (Lipinski definition) is 1. The molecule has 0 fully saturated rings. The molecule has 166 valence electrons. The van der Waals surface area contributed by atoms with Crippen LogP contribution in [0.25, 0.3) is 6.08 Å². The van der Waals surface area contributed by atoms with Crippen LogP contribution in [0.3, 0.4) is 0 Å². The molecule has 0 radical (unpaired) electrons. The Morgan fingerprint density at radius 1 is 1.25 bits per heavy atom. The molecule has 8 nitrogen and oxygen atoms in total. The highest BCUT2D eigenvalue weighted by atomic mass is 32.1. The third-order valence-electron chi connectivity index (χ3n) is 5.15. The molecule has 9 heteroatoms. The first kappa shape index (κ1) is 21.6. The van der Waals surface area contributed by atoms with E-state index in [-0.39, 0.29) is 17.7 Å². The number of rotatable bonds is 6. The van der Waals surface area contributed by atoms with Crippen LogP contribution in [0.1, 0.15) is 31.1 Å². The van der Waals surface area contributed by atoms with Gasteiger partial charge in [0, 0.05) is 17.5 Å². The number of benzene rings is 1. The minimum absolute atomic E-state index is 0.203. The quantitative estimate of drug-likeness (QED) is 0.577. The van der Waals surface area contributed by atoms with Crippen molar-refractivity contribution in [1.29, 1.82) is 0 Å². The zero-order chi connectivity index (χ0) is 22.8. The number of carbonyl (C=O) groups excluding carboxylic acids is 1. The highest BCUT2D eigenvalue weighted by Crippen LogP contribution is 2.40. The first-order valence-corrected chi connectivity index (χ1v) is 10.9. The third-order valence-corrected chi connectivity index (χ3v) is 6.14. The van der Waals surface area contributed by atoms with Crippen LogP contribution in [-0.4, -0.2) is 36.3 Å². The molecule has 0 spiro atoms. The number of thiazole rings is 1. The Morgan fingerprint density at radius 2 is 2.06 bits per heavy atom. The molecule has 0 amide bonds. The van der Waals surface area contributed by atoms with E-state index in [4.69, 9.17) is 14.2 Å². The number of H-pyrrole nitrogens is 1. The molecule has 2 aromatic heterocycles. The number of nitrogens with zero attached hydrogens (tertiary/aromatic N) is 2. The minimum atomic E-state index is -0.777. The smallest absolute Gasteiger partial charge is 0.338 e. The summed E-state index contributed by atoms with van der Waals surface area (Å²) < 4.78 is 18.4. The van der Waals surface area contributed by atoms with E-state index in [1.54, 1.807) is 38.3 Å². The number of aromatic nitrogens is 2. The molecule has 1 aliphatic heterocycles. The van der Waals surface area contributed by atoms with Gasteiger partial charge >= 0.3 is 5.97 Å². The van der Waals surface area contributed by atoms with Crippen LogP contribution >= 0.6 is 11.3 Å². The number of carbonyl (C=O) groups is 1. The van der Waals surface area contributed by atoms with Crippen LogP contribution in [0.4, 0.5) is 0 Å². The van der Waals surface area contributed by atoms with Crippen LogP contribution in [-0.2, 0) is 9.53 Å². The maximum atomic E-state index is 13.5. The van der Waals surface area contributed by atoms with Gasteiger partial charge in [-0.3, -0.25) is 9.36 Å². The fourth-order valence-corrected chi connectivity index (χ4v) is 4.83. The molecule has 1 aromatic carbocycles. The van der Waals surface area contributed by atoms with E-state index in [9.17, 15) is 9.59 Å². The van der Waals surface area contributed by atoms with E-state index in [2.05, 4.69) is 9.98 Å². The standard InChI is InChI=1S/C23H23N3O5S/c1-5-31-22(28)18-13(2)25-23-26(21(27)17(32-23)12-14-8-7-11-24-14)19(18)15-9-6-10-16(29-3)20(15)30-4/h6-12,19,24H,5H2,1-4H3/b17-12-/t19-/m0/s1. The topological polar surface area (TPSA) is 94.9 Å². The summed E-state index contributed by atoms with van der Waals surface area (Å²) in [4.78, 5) is 34.7. The summed E-state index contributed by atoms with van der Waals surface area (Å²) >= 11 is 1.26. The molecule has 1 aliphatic rings. The van der Waals surface area contributed by atoms with E-state index in [1.165, 1.54) is 30.1 Å². The maximum Gasteiger partial charge on any atom is 0.338 e. The van der Waals surface area contributed by atoms with Crippen LogP contribution < -0.4 is 24.4 Å². The predicted octanol–water partition coefficient (Wildman–Crippen LogP) is 2.14. The number of nitrogens with one attached hydrogen (secondary N) is 1. The van der Waals surface area contributed by atoms with Crippen molar-refractivity contribution in [2.75, 3.05) is 20.8 Å². The lowest BCUT2D eigenvalue weighted by Crippen LogP contribution is -2.40. The molecular weight excluding hydrogens is 430 g/mol. The molecule has 0 bridgehead atoms. The van der Waals surface area contributed by atoms with E-state index in [0.717, 1.165) is 5.69 Å². The van der Waals surface area contributed by atoms with Gasteiger partial charge in [-0.2, -0.15) is 0 Å². The fraction of sp³-hybridized carbons (Fsp3) is 0.261. The van der Waals surface area contributed by atoms with Crippen molar-refractivity contribution >= 4 is 23.4 Å². The van der Waals surface area contributed by atoms with Crippen molar-refractivity contribution in [3.05, 3.63) is 78.7 Å². The fourth-order valence-electron chi connectivity index (χ4n) is 3.79. The molecule has 1 N–H and O–H groups in total. The lowest BCUT2D eigenvalue weighted by atomic mass is 9.94. The summed E-state index contributed by atoms with van der Waals surface area (Å²) in [6, 6.07) is 8.32. The lowest BCUT2D eigenvalue weighted by molar-refractivity contribution is -0.139. The van der Waals surface area contributed by atoms with Gasteiger partial charge in [-0.15, -0.1) is 0 Å². The van der Waals surface area contributed by atoms with Gasteiger partial charge in [0.05, 0.1) is 36.6 Å². The summed E-state index contributed by atoms with van der Waals surface area (Å²) in [5.74, 6) is 0.411. The third kappa shape index (κ3) is 3.64. The molecule has 3 heterocycles. The number of ether oxygens (including phenoxy) is 3. The average Bonchev–Trinajstić information content (AvgIpc) is 3.40. The molecule has 0 saturated carbocycles. The molecule has 0 saturated heterocycles. The minimum Gasteiger partial charge on any atom is -0.493 e. The molecule has 4 rings (SSSR count). The van der Waals surface area contributed by atoms with Crippen molar-refractivity contribution in [2.45, 2.75) is 19.9 Å². The average molecular weight is 454 g/mol. The maximum absolute atomic E-state index is 13.5. The molecular formula is C23H23N3O5S. The van der Waals surface area contributed by atoms with Gasteiger partial charge in [0.1, 0.15) is 6.04 Å². The lowest BCUT2D eigenvalue weighted by Gasteiger charge is -2.26. The molecule has 3 aromatic rings. The van der Waals surface area contributed by atoms with Crippen molar-refractivity contribution in [3.63, 3.8) is 0 Å². The zero-order valence-electron chi connectivity index (χ0n) is 18.2. The highest BCUT2D eigenvalue weighted by molar-refractivity contribution is 7.07. The van der Waals surface area contributed by atoms with Crippen molar-refractivity contribution in [1.82, 2.24) is 9.55 Å². The second kappa shape index (κ2) is 8.88. The molecule has 0 aliphatic carbocycles. The Balaban J connectivity index is 2.03. The second-order valence-electron chi connectivity index (χ2n) is 7.01. The van der Waals surface area contributed by atoms with Crippen LogP contribution in [0.5, 0.6) is 11.5 Å². The Labute approximate surface area is 188 Å². The Morgan fingerprint density at radius 3 is 2.72 bits per heavy atom. The number of aromatic amines is 1. The van der Waals surface area contributed by atoms with Crippen LogP contribution in [0.2, 0.25) is 0 Å². The van der Waals surface area contributed by atoms with Gasteiger partial charge < -0.3 is 19.2 Å². The molecule has 32 heavy (non-hydrogen) atoms. The number of para-hydroxylation sites is 1. The summed E-state index contributed by atoms with van der Waals surface area (Å²) in [6.45, 7) is 3.68. The summed E-state index contributed by atoms with van der Waals surface area (Å²) in [5, 5.41) is 0. The van der Waals surface area contributed by atoms with E-state index in [1.807, 2.05) is 18.2 Å². The summed E-state index contributed by atoms with van der Waals surface area (Å²) in [7, 11) is 3.06. The normalized spacial score (nSPS) is 15.9. The molecule has 0 unspecified atom stereocenters. The first-order valence-electron chi connectivity index (χ1n) is 10.0. The Hall–Kier alpha value is -3.59. The summed E-state index contributed by atoms with van der Waals surface area (Å²) in [5.41, 5.74) is 1.93. The van der Waals surface area contributed by atoms with Gasteiger partial charge in [0.2, 0.25) is 0 Å². The number of methoxy groups -OCH3 is 2. The number of fused-ring (bicyclic) bond motifs is 1.